The van der Waals surface area contributed by atoms with Crippen molar-refractivity contribution in [3.05, 3.63) is 59.1 Å². The van der Waals surface area contributed by atoms with Crippen LogP contribution in [0.15, 0.2) is 53.6 Å². The summed E-state index contributed by atoms with van der Waals surface area (Å²) in [5, 5.41) is 7.16. The van der Waals surface area contributed by atoms with Crippen LogP contribution in [0, 0.1) is 0 Å². The number of benzene rings is 2. The first-order valence-corrected chi connectivity index (χ1v) is 7.76. The van der Waals surface area contributed by atoms with Crippen LogP contribution in [-0.2, 0) is 0 Å². The molecular formula is C17H17N5OS. The molecule has 6 nitrogen and oxygen atoms in total. The summed E-state index contributed by atoms with van der Waals surface area (Å²) in [4.78, 5) is 20.5. The first kappa shape index (κ1) is 15.9. The molecule has 0 aliphatic rings. The van der Waals surface area contributed by atoms with Gasteiger partial charge in [0.15, 0.2) is 5.11 Å². The Morgan fingerprint density at radius 1 is 1.08 bits per heavy atom. The second-order valence-corrected chi connectivity index (χ2v) is 5.89. The minimum Gasteiger partial charge on any atom is -0.378 e. The van der Waals surface area contributed by atoms with Crippen LogP contribution >= 0.6 is 12.2 Å². The van der Waals surface area contributed by atoms with Gasteiger partial charge in [0.2, 0.25) is 0 Å². The molecule has 0 aliphatic heterocycles. The van der Waals surface area contributed by atoms with Crippen molar-refractivity contribution in [2.45, 2.75) is 0 Å². The monoisotopic (exact) mass is 339 g/mol. The number of hydrogen-bond donors (Lipinski definition) is 3. The van der Waals surface area contributed by atoms with Gasteiger partial charge in [-0.3, -0.25) is 4.79 Å². The number of H-pyrrole nitrogens is 1. The summed E-state index contributed by atoms with van der Waals surface area (Å²) < 4.78 is 0. The topological polar surface area (TPSA) is 73.0 Å². The van der Waals surface area contributed by atoms with Gasteiger partial charge in [-0.2, -0.15) is 0 Å². The lowest BCUT2D eigenvalue weighted by Crippen LogP contribution is -2.19. The predicted molar refractivity (Wildman–Crippen MR) is 103 cm³/mol. The highest BCUT2D eigenvalue weighted by atomic mass is 32.1. The van der Waals surface area contributed by atoms with Gasteiger partial charge >= 0.3 is 0 Å². The molecule has 0 aliphatic carbocycles. The maximum Gasteiger partial charge on any atom is 0.258 e. The van der Waals surface area contributed by atoms with Gasteiger partial charge in [0.05, 0.1) is 17.2 Å². The minimum absolute atomic E-state index is 0.179. The lowest BCUT2D eigenvalue weighted by Gasteiger charge is -2.14. The fraction of sp³-hybridized carbons (Fsp3) is 0.118. The molecule has 7 heteroatoms. The number of hydrogen-bond acceptors (Lipinski definition) is 4. The molecule has 0 unspecified atom stereocenters. The van der Waals surface area contributed by atoms with E-state index in [9.17, 15) is 4.79 Å². The van der Waals surface area contributed by atoms with Gasteiger partial charge in [-0.25, -0.2) is 4.98 Å². The summed E-state index contributed by atoms with van der Waals surface area (Å²) in [7, 11) is 3.98. The van der Waals surface area contributed by atoms with Crippen LogP contribution in [0.2, 0.25) is 0 Å². The third-order valence-electron chi connectivity index (χ3n) is 3.54. The maximum atomic E-state index is 11.8. The Hall–Kier alpha value is -2.93. The Morgan fingerprint density at radius 3 is 2.46 bits per heavy atom. The molecule has 24 heavy (non-hydrogen) atoms. The molecule has 0 fully saturated rings. The van der Waals surface area contributed by atoms with E-state index in [0.717, 1.165) is 17.1 Å². The van der Waals surface area contributed by atoms with Crippen molar-refractivity contribution in [2.75, 3.05) is 29.6 Å². The largest absolute Gasteiger partial charge is 0.378 e. The first-order chi connectivity index (χ1) is 11.5. The van der Waals surface area contributed by atoms with Crippen LogP contribution in [-0.4, -0.2) is 29.2 Å². The fourth-order valence-corrected chi connectivity index (χ4v) is 2.52. The normalized spacial score (nSPS) is 10.4. The molecule has 122 valence electrons. The SMILES string of the molecule is CN(C)c1ccc(NC(=S)Nc2ccc3nc[nH]c(=O)c3c2)cc1. The standard InChI is InChI=1S/C17H17N5OS/c1-22(2)13-6-3-11(4-7-13)20-17(24)21-12-5-8-15-14(9-12)16(23)19-10-18-15/h3-10H,1-2H3,(H,18,19,23)(H2,20,21,24). The van der Waals surface area contributed by atoms with Crippen molar-refractivity contribution in [1.29, 1.82) is 0 Å². The Balaban J connectivity index is 1.72. The molecule has 1 aromatic heterocycles. The molecule has 1 heterocycles. The van der Waals surface area contributed by atoms with Gasteiger partial charge < -0.3 is 20.5 Å². The quantitative estimate of drug-likeness (QED) is 0.637. The van der Waals surface area contributed by atoms with Gasteiger partial charge in [-0.05, 0) is 54.7 Å². The zero-order valence-electron chi connectivity index (χ0n) is 13.3. The van der Waals surface area contributed by atoms with Crippen LogP contribution in [0.4, 0.5) is 17.1 Å². The molecule has 0 spiro atoms. The van der Waals surface area contributed by atoms with E-state index in [1.165, 1.54) is 6.33 Å². The van der Waals surface area contributed by atoms with E-state index in [0.29, 0.717) is 16.0 Å². The summed E-state index contributed by atoms with van der Waals surface area (Å²) in [6.45, 7) is 0. The number of rotatable bonds is 3. The van der Waals surface area contributed by atoms with E-state index < -0.39 is 0 Å². The maximum absolute atomic E-state index is 11.8. The zero-order valence-corrected chi connectivity index (χ0v) is 14.1. The highest BCUT2D eigenvalue weighted by Crippen LogP contribution is 2.17. The Morgan fingerprint density at radius 2 is 1.75 bits per heavy atom. The van der Waals surface area contributed by atoms with Crippen LogP contribution in [0.25, 0.3) is 10.9 Å². The van der Waals surface area contributed by atoms with Crippen molar-refractivity contribution < 1.29 is 0 Å². The van der Waals surface area contributed by atoms with Crippen molar-refractivity contribution in [3.63, 3.8) is 0 Å². The molecule has 0 amide bonds. The molecule has 3 rings (SSSR count). The lowest BCUT2D eigenvalue weighted by atomic mass is 10.2. The average Bonchev–Trinajstić information content (AvgIpc) is 2.56. The number of thiocarbonyl (C=S) groups is 1. The fourth-order valence-electron chi connectivity index (χ4n) is 2.28. The number of aromatic nitrogens is 2. The van der Waals surface area contributed by atoms with E-state index in [1.54, 1.807) is 12.1 Å². The molecular weight excluding hydrogens is 322 g/mol. The Labute approximate surface area is 144 Å². The van der Waals surface area contributed by atoms with Crippen LogP contribution < -0.4 is 21.1 Å². The van der Waals surface area contributed by atoms with Gasteiger partial charge in [-0.15, -0.1) is 0 Å². The average molecular weight is 339 g/mol. The third kappa shape index (κ3) is 3.52. The molecule has 0 radical (unpaired) electrons. The van der Waals surface area contributed by atoms with E-state index in [1.807, 2.05) is 49.3 Å². The molecule has 0 saturated heterocycles. The molecule has 0 saturated carbocycles. The summed E-state index contributed by atoms with van der Waals surface area (Å²) in [6, 6.07) is 13.3. The van der Waals surface area contributed by atoms with E-state index in [2.05, 4.69) is 20.6 Å². The van der Waals surface area contributed by atoms with Crippen molar-refractivity contribution >= 4 is 45.3 Å². The van der Waals surface area contributed by atoms with E-state index >= 15 is 0 Å². The smallest absolute Gasteiger partial charge is 0.258 e. The number of nitrogens with one attached hydrogen (secondary N) is 3. The Bertz CT molecular complexity index is 934. The van der Waals surface area contributed by atoms with Crippen molar-refractivity contribution in [3.8, 4) is 0 Å². The first-order valence-electron chi connectivity index (χ1n) is 7.36. The molecule has 3 N–H and O–H groups in total. The van der Waals surface area contributed by atoms with E-state index in [-0.39, 0.29) is 5.56 Å². The van der Waals surface area contributed by atoms with Gasteiger partial charge in [0, 0.05) is 31.2 Å². The number of anilines is 3. The van der Waals surface area contributed by atoms with Crippen molar-refractivity contribution in [1.82, 2.24) is 9.97 Å². The highest BCUT2D eigenvalue weighted by molar-refractivity contribution is 7.80. The number of fused-ring (bicyclic) bond motifs is 1. The highest BCUT2D eigenvalue weighted by Gasteiger charge is 2.04. The van der Waals surface area contributed by atoms with Crippen molar-refractivity contribution in [2.24, 2.45) is 0 Å². The van der Waals surface area contributed by atoms with Gasteiger partial charge in [-0.1, -0.05) is 0 Å². The molecule has 0 atom stereocenters. The summed E-state index contributed by atoms with van der Waals surface area (Å²) in [6.07, 6.45) is 1.39. The van der Waals surface area contributed by atoms with Gasteiger partial charge in [0.1, 0.15) is 0 Å². The summed E-state index contributed by atoms with van der Waals surface area (Å²) in [5.41, 5.74) is 3.19. The minimum atomic E-state index is -0.179. The molecule has 2 aromatic carbocycles. The number of nitrogens with zero attached hydrogens (tertiary/aromatic N) is 2. The summed E-state index contributed by atoms with van der Waals surface area (Å²) in [5.74, 6) is 0. The summed E-state index contributed by atoms with van der Waals surface area (Å²) >= 11 is 5.32. The zero-order chi connectivity index (χ0) is 17.1. The molecule has 3 aromatic rings. The van der Waals surface area contributed by atoms with E-state index in [4.69, 9.17) is 12.2 Å². The third-order valence-corrected chi connectivity index (χ3v) is 3.74. The second-order valence-electron chi connectivity index (χ2n) is 5.48. The Kier molecular flexibility index (Phi) is 4.43. The van der Waals surface area contributed by atoms with Crippen LogP contribution in [0.5, 0.6) is 0 Å². The molecule has 0 bridgehead atoms. The van der Waals surface area contributed by atoms with Gasteiger partial charge in [0.25, 0.3) is 5.56 Å². The predicted octanol–water partition coefficient (Wildman–Crippen LogP) is 2.80. The second kappa shape index (κ2) is 6.67. The number of aromatic amines is 1. The van der Waals surface area contributed by atoms with Crippen LogP contribution in [0.3, 0.4) is 0 Å². The lowest BCUT2D eigenvalue weighted by molar-refractivity contribution is 1.13. The van der Waals surface area contributed by atoms with Crippen LogP contribution in [0.1, 0.15) is 0 Å².